The third kappa shape index (κ3) is 2.59. The topological polar surface area (TPSA) is 9.23 Å². The largest absolute Gasteiger partial charge is 0.497 e. The van der Waals surface area contributed by atoms with E-state index in [4.69, 9.17) is 4.74 Å². The van der Waals surface area contributed by atoms with E-state index in [1.54, 1.807) is 7.11 Å². The first-order valence-electron chi connectivity index (χ1n) is 4.96. The van der Waals surface area contributed by atoms with E-state index in [0.717, 1.165) is 12.2 Å². The van der Waals surface area contributed by atoms with Crippen molar-refractivity contribution in [3.05, 3.63) is 65.7 Å². The molecule has 0 fully saturated rings. The maximum atomic E-state index is 5.11. The van der Waals surface area contributed by atoms with Crippen LogP contribution in [0.25, 0.3) is 0 Å². The zero-order valence-corrected chi connectivity index (χ0v) is 8.73. The molecule has 0 amide bonds. The van der Waals surface area contributed by atoms with Gasteiger partial charge in [-0.25, -0.2) is 0 Å². The third-order valence-corrected chi connectivity index (χ3v) is 2.34. The average Bonchev–Trinajstić information content (AvgIpc) is 2.31. The van der Waals surface area contributed by atoms with Crippen molar-refractivity contribution in [2.45, 2.75) is 6.42 Å². The van der Waals surface area contributed by atoms with E-state index in [1.165, 1.54) is 11.1 Å². The second-order valence-corrected chi connectivity index (χ2v) is 3.44. The van der Waals surface area contributed by atoms with Gasteiger partial charge in [0.1, 0.15) is 5.75 Å². The Balaban J connectivity index is 2.11. The van der Waals surface area contributed by atoms with Gasteiger partial charge in [-0.3, -0.25) is 0 Å². The highest BCUT2D eigenvalue weighted by molar-refractivity contribution is 5.31. The summed E-state index contributed by atoms with van der Waals surface area (Å²) in [5.41, 5.74) is 2.57. The summed E-state index contributed by atoms with van der Waals surface area (Å²) >= 11 is 0. The molecular weight excluding hydrogens is 184 g/mol. The van der Waals surface area contributed by atoms with Crippen molar-refractivity contribution in [2.24, 2.45) is 0 Å². The molecule has 1 heteroatoms. The number of methoxy groups -OCH3 is 1. The Hall–Kier alpha value is -1.76. The molecule has 15 heavy (non-hydrogen) atoms. The van der Waals surface area contributed by atoms with Crippen LogP contribution in [0.15, 0.2) is 48.5 Å². The Morgan fingerprint density at radius 2 is 1.87 bits per heavy atom. The van der Waals surface area contributed by atoms with Crippen molar-refractivity contribution in [1.29, 1.82) is 0 Å². The van der Waals surface area contributed by atoms with Gasteiger partial charge in [-0.05, 0) is 35.7 Å². The molecule has 0 unspecified atom stereocenters. The SMILES string of the molecule is COc1ccc(Cc2c[c]ccc2)cc1. The Bertz CT molecular complexity index is 403. The first-order chi connectivity index (χ1) is 7.38. The van der Waals surface area contributed by atoms with Gasteiger partial charge in [-0.1, -0.05) is 36.4 Å². The maximum absolute atomic E-state index is 5.11. The van der Waals surface area contributed by atoms with Crippen LogP contribution in [0.5, 0.6) is 5.75 Å². The number of rotatable bonds is 3. The van der Waals surface area contributed by atoms with E-state index in [9.17, 15) is 0 Å². The smallest absolute Gasteiger partial charge is 0.118 e. The molecule has 0 saturated heterocycles. The molecule has 1 radical (unpaired) electrons. The molecule has 0 atom stereocenters. The zero-order valence-electron chi connectivity index (χ0n) is 8.73. The molecule has 1 nitrogen and oxygen atoms in total. The molecule has 0 aliphatic rings. The van der Waals surface area contributed by atoms with E-state index >= 15 is 0 Å². The lowest BCUT2D eigenvalue weighted by atomic mass is 10.1. The van der Waals surface area contributed by atoms with Gasteiger partial charge in [0.15, 0.2) is 0 Å². The van der Waals surface area contributed by atoms with Crippen LogP contribution in [0.3, 0.4) is 0 Å². The van der Waals surface area contributed by atoms with E-state index in [0.29, 0.717) is 0 Å². The van der Waals surface area contributed by atoms with Gasteiger partial charge in [0.05, 0.1) is 7.11 Å². The second-order valence-electron chi connectivity index (χ2n) is 3.44. The minimum Gasteiger partial charge on any atom is -0.497 e. The Morgan fingerprint density at radius 3 is 2.47 bits per heavy atom. The number of benzene rings is 2. The van der Waals surface area contributed by atoms with Crippen LogP contribution in [0.4, 0.5) is 0 Å². The lowest BCUT2D eigenvalue weighted by Crippen LogP contribution is -1.88. The van der Waals surface area contributed by atoms with Gasteiger partial charge in [-0.15, -0.1) is 0 Å². The standard InChI is InChI=1S/C14H13O/c1-15-14-9-7-13(8-10-14)11-12-5-3-2-4-6-12/h2-3,5-10H,11H2,1H3. The monoisotopic (exact) mass is 197 g/mol. The fourth-order valence-corrected chi connectivity index (χ4v) is 1.52. The molecule has 0 aliphatic heterocycles. The second kappa shape index (κ2) is 4.65. The zero-order chi connectivity index (χ0) is 10.5. The average molecular weight is 197 g/mol. The molecule has 0 N–H and O–H groups in total. The van der Waals surface area contributed by atoms with Gasteiger partial charge in [-0.2, -0.15) is 0 Å². The third-order valence-electron chi connectivity index (χ3n) is 2.34. The number of ether oxygens (including phenoxy) is 1. The van der Waals surface area contributed by atoms with Gasteiger partial charge in [0, 0.05) is 0 Å². The lowest BCUT2D eigenvalue weighted by molar-refractivity contribution is 0.414. The van der Waals surface area contributed by atoms with E-state index < -0.39 is 0 Å². The maximum Gasteiger partial charge on any atom is 0.118 e. The quantitative estimate of drug-likeness (QED) is 0.734. The highest BCUT2D eigenvalue weighted by Gasteiger charge is 1.96. The predicted octanol–water partition coefficient (Wildman–Crippen LogP) is 3.09. The minimum absolute atomic E-state index is 0.901. The normalized spacial score (nSPS) is 9.93. The van der Waals surface area contributed by atoms with Gasteiger partial charge in [0.2, 0.25) is 0 Å². The summed E-state index contributed by atoms with van der Waals surface area (Å²) in [5, 5.41) is 0. The van der Waals surface area contributed by atoms with Crippen molar-refractivity contribution >= 4 is 0 Å². The van der Waals surface area contributed by atoms with Crippen LogP contribution >= 0.6 is 0 Å². The molecule has 2 aromatic carbocycles. The molecule has 0 saturated carbocycles. The van der Waals surface area contributed by atoms with Crippen LogP contribution in [-0.4, -0.2) is 7.11 Å². The first-order valence-corrected chi connectivity index (χ1v) is 4.96. The fourth-order valence-electron chi connectivity index (χ4n) is 1.52. The van der Waals surface area contributed by atoms with E-state index in [-0.39, 0.29) is 0 Å². The lowest BCUT2D eigenvalue weighted by Gasteiger charge is -2.03. The number of hydrogen-bond acceptors (Lipinski definition) is 1. The summed E-state index contributed by atoms with van der Waals surface area (Å²) in [4.78, 5) is 0. The Kier molecular flexibility index (Phi) is 3.03. The van der Waals surface area contributed by atoms with Crippen LogP contribution in [0.1, 0.15) is 11.1 Å². The van der Waals surface area contributed by atoms with Gasteiger partial charge in [0.25, 0.3) is 0 Å². The summed E-state index contributed by atoms with van der Waals surface area (Å²) < 4.78 is 5.11. The highest BCUT2D eigenvalue weighted by Crippen LogP contribution is 2.14. The molecule has 0 aromatic heterocycles. The highest BCUT2D eigenvalue weighted by atomic mass is 16.5. The molecule has 0 bridgehead atoms. The predicted molar refractivity (Wildman–Crippen MR) is 61.1 cm³/mol. The van der Waals surface area contributed by atoms with E-state index in [1.807, 2.05) is 30.3 Å². The minimum atomic E-state index is 0.901. The van der Waals surface area contributed by atoms with Crippen molar-refractivity contribution in [2.75, 3.05) is 7.11 Å². The van der Waals surface area contributed by atoms with Crippen molar-refractivity contribution < 1.29 is 4.74 Å². The van der Waals surface area contributed by atoms with Crippen molar-refractivity contribution in [3.8, 4) is 5.75 Å². The van der Waals surface area contributed by atoms with Crippen molar-refractivity contribution in [1.82, 2.24) is 0 Å². The summed E-state index contributed by atoms with van der Waals surface area (Å²) in [6.45, 7) is 0. The molecule has 2 rings (SSSR count). The Morgan fingerprint density at radius 1 is 1.07 bits per heavy atom. The summed E-state index contributed by atoms with van der Waals surface area (Å²) in [5.74, 6) is 0.901. The summed E-state index contributed by atoms with van der Waals surface area (Å²) in [6.07, 6.45) is 0.946. The fraction of sp³-hybridized carbons (Fsp3) is 0.143. The van der Waals surface area contributed by atoms with Crippen LogP contribution in [0, 0.1) is 6.07 Å². The summed E-state index contributed by atoms with van der Waals surface area (Å²) in [6, 6.07) is 19.3. The van der Waals surface area contributed by atoms with Crippen molar-refractivity contribution in [3.63, 3.8) is 0 Å². The Labute approximate surface area is 90.3 Å². The molecule has 0 spiro atoms. The molecular formula is C14H13O. The molecule has 0 heterocycles. The van der Waals surface area contributed by atoms with E-state index in [2.05, 4.69) is 24.3 Å². The first kappa shape index (κ1) is 9.78. The van der Waals surface area contributed by atoms with Crippen LogP contribution < -0.4 is 4.74 Å². The summed E-state index contributed by atoms with van der Waals surface area (Å²) in [7, 11) is 1.68. The number of hydrogen-bond donors (Lipinski definition) is 0. The van der Waals surface area contributed by atoms with Crippen LogP contribution in [-0.2, 0) is 6.42 Å². The van der Waals surface area contributed by atoms with Crippen LogP contribution in [0.2, 0.25) is 0 Å². The molecule has 2 aromatic rings. The molecule has 75 valence electrons. The molecule has 0 aliphatic carbocycles. The van der Waals surface area contributed by atoms with Gasteiger partial charge >= 0.3 is 0 Å². The van der Waals surface area contributed by atoms with Gasteiger partial charge < -0.3 is 4.74 Å².